The standard InChI is InChI=1S/C16H22N4O/c1-3-9-20(10-4-2)16(21)15-11-14(19-17)12-7-5-6-8-13(12)18-15/h5-8,11H,3-4,9-10,17H2,1-2H3,(H,18,19). The summed E-state index contributed by atoms with van der Waals surface area (Å²) >= 11 is 0. The number of hydrogen-bond acceptors (Lipinski definition) is 4. The molecule has 2 rings (SSSR count). The van der Waals surface area contributed by atoms with Crippen LogP contribution in [0.1, 0.15) is 37.2 Å². The smallest absolute Gasteiger partial charge is 0.272 e. The second-order valence-corrected chi connectivity index (χ2v) is 5.01. The zero-order chi connectivity index (χ0) is 15.2. The van der Waals surface area contributed by atoms with Gasteiger partial charge < -0.3 is 10.3 Å². The van der Waals surface area contributed by atoms with Crippen LogP contribution in [0, 0.1) is 0 Å². The monoisotopic (exact) mass is 286 g/mol. The number of carbonyl (C=O) groups excluding carboxylic acids is 1. The summed E-state index contributed by atoms with van der Waals surface area (Å²) in [6, 6.07) is 9.37. The van der Waals surface area contributed by atoms with Crippen LogP contribution in [0.15, 0.2) is 30.3 Å². The Morgan fingerprint density at radius 2 is 1.90 bits per heavy atom. The Bertz CT molecular complexity index is 621. The summed E-state index contributed by atoms with van der Waals surface area (Å²) in [6.45, 7) is 5.62. The van der Waals surface area contributed by atoms with E-state index in [0.29, 0.717) is 5.69 Å². The Hall–Kier alpha value is -2.14. The molecule has 0 spiro atoms. The number of hydrogen-bond donors (Lipinski definition) is 2. The first kappa shape index (κ1) is 15.3. The van der Waals surface area contributed by atoms with Gasteiger partial charge in [0.25, 0.3) is 5.91 Å². The van der Waals surface area contributed by atoms with E-state index in [2.05, 4.69) is 24.3 Å². The molecule has 1 amide bonds. The molecule has 0 aliphatic carbocycles. The lowest BCUT2D eigenvalue weighted by Gasteiger charge is -2.21. The number of fused-ring (bicyclic) bond motifs is 1. The van der Waals surface area contributed by atoms with Crippen LogP contribution in [0.25, 0.3) is 10.9 Å². The van der Waals surface area contributed by atoms with Gasteiger partial charge in [0.2, 0.25) is 0 Å². The highest BCUT2D eigenvalue weighted by Gasteiger charge is 2.17. The molecule has 21 heavy (non-hydrogen) atoms. The molecule has 0 aliphatic rings. The van der Waals surface area contributed by atoms with E-state index in [-0.39, 0.29) is 5.91 Å². The highest BCUT2D eigenvalue weighted by Crippen LogP contribution is 2.23. The van der Waals surface area contributed by atoms with Crippen molar-refractivity contribution in [3.05, 3.63) is 36.0 Å². The number of carbonyl (C=O) groups is 1. The third-order valence-corrected chi connectivity index (χ3v) is 3.37. The number of rotatable bonds is 6. The maximum atomic E-state index is 12.6. The molecule has 5 nitrogen and oxygen atoms in total. The number of para-hydroxylation sites is 1. The van der Waals surface area contributed by atoms with Gasteiger partial charge in [-0.1, -0.05) is 32.0 Å². The number of pyridine rings is 1. The fourth-order valence-electron chi connectivity index (χ4n) is 2.42. The molecule has 3 N–H and O–H groups in total. The lowest BCUT2D eigenvalue weighted by molar-refractivity contribution is 0.0750. The molecule has 0 aliphatic heterocycles. The first-order chi connectivity index (χ1) is 10.2. The molecule has 0 bridgehead atoms. The zero-order valence-corrected chi connectivity index (χ0v) is 12.6. The predicted octanol–water partition coefficient (Wildman–Crippen LogP) is 2.78. The first-order valence-electron chi connectivity index (χ1n) is 7.36. The molecular formula is C16H22N4O. The van der Waals surface area contributed by atoms with Gasteiger partial charge in [0.05, 0.1) is 11.2 Å². The second kappa shape index (κ2) is 7.04. The van der Waals surface area contributed by atoms with E-state index < -0.39 is 0 Å². The van der Waals surface area contributed by atoms with Gasteiger partial charge in [-0.3, -0.25) is 10.6 Å². The maximum absolute atomic E-state index is 12.6. The zero-order valence-electron chi connectivity index (χ0n) is 12.6. The van der Waals surface area contributed by atoms with Crippen LogP contribution in [-0.4, -0.2) is 28.9 Å². The van der Waals surface area contributed by atoms with Gasteiger partial charge in [0, 0.05) is 18.5 Å². The fraction of sp³-hybridized carbons (Fsp3) is 0.375. The number of amides is 1. The molecule has 0 fully saturated rings. The summed E-state index contributed by atoms with van der Waals surface area (Å²) in [4.78, 5) is 19.0. The van der Waals surface area contributed by atoms with Crippen molar-refractivity contribution in [3.8, 4) is 0 Å². The molecule has 1 aromatic carbocycles. The third-order valence-electron chi connectivity index (χ3n) is 3.37. The van der Waals surface area contributed by atoms with E-state index >= 15 is 0 Å². The Morgan fingerprint density at radius 1 is 1.24 bits per heavy atom. The summed E-state index contributed by atoms with van der Waals surface area (Å²) < 4.78 is 0. The van der Waals surface area contributed by atoms with Crippen LogP contribution in [0.3, 0.4) is 0 Å². The Balaban J connectivity index is 2.43. The van der Waals surface area contributed by atoms with Gasteiger partial charge in [-0.25, -0.2) is 4.98 Å². The van der Waals surface area contributed by atoms with E-state index in [1.807, 2.05) is 29.2 Å². The number of benzene rings is 1. The number of anilines is 1. The van der Waals surface area contributed by atoms with Crippen molar-refractivity contribution in [1.82, 2.24) is 9.88 Å². The number of nitrogens with two attached hydrogens (primary N) is 1. The lowest BCUT2D eigenvalue weighted by Crippen LogP contribution is -2.33. The van der Waals surface area contributed by atoms with Crippen molar-refractivity contribution in [1.29, 1.82) is 0 Å². The van der Waals surface area contributed by atoms with Crippen molar-refractivity contribution in [3.63, 3.8) is 0 Å². The van der Waals surface area contributed by atoms with Crippen molar-refractivity contribution in [2.75, 3.05) is 18.5 Å². The molecule has 112 valence electrons. The highest BCUT2D eigenvalue weighted by molar-refractivity contribution is 5.99. The minimum absolute atomic E-state index is 0.0408. The quantitative estimate of drug-likeness (QED) is 0.632. The molecule has 0 atom stereocenters. The minimum Gasteiger partial charge on any atom is -0.337 e. The van der Waals surface area contributed by atoms with Crippen molar-refractivity contribution in [2.24, 2.45) is 5.84 Å². The Kier molecular flexibility index (Phi) is 5.11. The van der Waals surface area contributed by atoms with Crippen molar-refractivity contribution < 1.29 is 4.79 Å². The normalized spacial score (nSPS) is 10.6. The second-order valence-electron chi connectivity index (χ2n) is 5.01. The van der Waals surface area contributed by atoms with Crippen LogP contribution >= 0.6 is 0 Å². The molecular weight excluding hydrogens is 264 g/mol. The third kappa shape index (κ3) is 3.31. The van der Waals surface area contributed by atoms with E-state index in [1.54, 1.807) is 6.07 Å². The van der Waals surface area contributed by atoms with Crippen LogP contribution in [0.2, 0.25) is 0 Å². The van der Waals surface area contributed by atoms with Gasteiger partial charge in [0.15, 0.2) is 0 Å². The molecule has 1 aromatic heterocycles. The SMILES string of the molecule is CCCN(CCC)C(=O)c1cc(NN)c2ccccc2n1. The predicted molar refractivity (Wildman–Crippen MR) is 86.0 cm³/mol. The maximum Gasteiger partial charge on any atom is 0.272 e. The van der Waals surface area contributed by atoms with Gasteiger partial charge in [-0.2, -0.15) is 0 Å². The molecule has 2 aromatic rings. The molecule has 5 heteroatoms. The molecule has 0 saturated heterocycles. The fourth-order valence-corrected chi connectivity index (χ4v) is 2.42. The van der Waals surface area contributed by atoms with Gasteiger partial charge >= 0.3 is 0 Å². The van der Waals surface area contributed by atoms with E-state index in [9.17, 15) is 4.79 Å². The number of nitrogens with zero attached hydrogens (tertiary/aromatic N) is 2. The van der Waals surface area contributed by atoms with E-state index in [1.165, 1.54) is 0 Å². The van der Waals surface area contributed by atoms with Crippen LogP contribution in [-0.2, 0) is 0 Å². The number of nitrogens with one attached hydrogen (secondary N) is 1. The van der Waals surface area contributed by atoms with Crippen LogP contribution in [0.5, 0.6) is 0 Å². The molecule has 0 radical (unpaired) electrons. The summed E-state index contributed by atoms with van der Waals surface area (Å²) in [5.41, 5.74) is 4.58. The number of nitrogen functional groups attached to an aromatic ring is 1. The van der Waals surface area contributed by atoms with Gasteiger partial charge in [-0.15, -0.1) is 0 Å². The average molecular weight is 286 g/mol. The van der Waals surface area contributed by atoms with E-state index in [0.717, 1.165) is 42.5 Å². The summed E-state index contributed by atoms with van der Waals surface area (Å²) in [6.07, 6.45) is 1.86. The Labute approximate surface area is 125 Å². The number of hydrazine groups is 1. The first-order valence-corrected chi connectivity index (χ1v) is 7.36. The van der Waals surface area contributed by atoms with Crippen LogP contribution in [0.4, 0.5) is 5.69 Å². The molecule has 0 unspecified atom stereocenters. The van der Waals surface area contributed by atoms with Gasteiger partial charge in [0.1, 0.15) is 5.69 Å². The van der Waals surface area contributed by atoms with Crippen molar-refractivity contribution >= 4 is 22.5 Å². The summed E-state index contributed by atoms with van der Waals surface area (Å²) in [7, 11) is 0. The van der Waals surface area contributed by atoms with E-state index in [4.69, 9.17) is 5.84 Å². The topological polar surface area (TPSA) is 71.2 Å². The van der Waals surface area contributed by atoms with Crippen molar-refractivity contribution in [2.45, 2.75) is 26.7 Å². The van der Waals surface area contributed by atoms with Gasteiger partial charge in [-0.05, 0) is 25.0 Å². The summed E-state index contributed by atoms with van der Waals surface area (Å²) in [5.74, 6) is 5.53. The highest BCUT2D eigenvalue weighted by atomic mass is 16.2. The Morgan fingerprint density at radius 3 is 2.52 bits per heavy atom. The molecule has 0 saturated carbocycles. The minimum atomic E-state index is -0.0408. The average Bonchev–Trinajstić information content (AvgIpc) is 2.52. The number of aromatic nitrogens is 1. The molecule has 1 heterocycles. The largest absolute Gasteiger partial charge is 0.337 e. The van der Waals surface area contributed by atoms with Crippen LogP contribution < -0.4 is 11.3 Å². The lowest BCUT2D eigenvalue weighted by atomic mass is 10.1. The summed E-state index contributed by atoms with van der Waals surface area (Å²) in [5, 5.41) is 0.911.